The molecule has 2 rings (SSSR count). The number of hydrogen-bond donors (Lipinski definition) is 1. The zero-order valence-electron chi connectivity index (χ0n) is 9.83. The molecule has 2 heterocycles. The zero-order valence-corrected chi connectivity index (χ0v) is 11.4. The Morgan fingerprint density at radius 1 is 1.62 bits per heavy atom. The van der Waals surface area contributed by atoms with Gasteiger partial charge in [0.05, 0.1) is 0 Å². The highest BCUT2D eigenvalue weighted by Crippen LogP contribution is 2.27. The number of likely N-dealkylation sites (N-methyl/N-ethyl adjacent to an activating group) is 1. The van der Waals surface area contributed by atoms with Gasteiger partial charge in [-0.1, -0.05) is 0 Å². The molecule has 1 unspecified atom stereocenters. The van der Waals surface area contributed by atoms with Crippen molar-refractivity contribution in [2.24, 2.45) is 0 Å². The summed E-state index contributed by atoms with van der Waals surface area (Å²) in [5.74, 6) is 1.14. The summed E-state index contributed by atoms with van der Waals surface area (Å²) >= 11 is 3.46. The van der Waals surface area contributed by atoms with E-state index in [1.54, 1.807) is 0 Å². The van der Waals surface area contributed by atoms with Crippen LogP contribution in [0.2, 0.25) is 0 Å². The van der Waals surface area contributed by atoms with Crippen LogP contribution in [0.3, 0.4) is 0 Å². The molecule has 0 spiro atoms. The maximum atomic E-state index is 4.54. The van der Waals surface area contributed by atoms with Crippen molar-refractivity contribution in [1.29, 1.82) is 0 Å². The van der Waals surface area contributed by atoms with Crippen LogP contribution < -0.4 is 10.2 Å². The third-order valence-electron chi connectivity index (χ3n) is 3.11. The van der Waals surface area contributed by atoms with Crippen LogP contribution in [0.1, 0.15) is 18.4 Å². The quantitative estimate of drug-likeness (QED) is 0.923. The van der Waals surface area contributed by atoms with Gasteiger partial charge in [-0.25, -0.2) is 4.98 Å². The number of pyridine rings is 1. The molecule has 1 saturated heterocycles. The fraction of sp³-hybridized carbons (Fsp3) is 0.583. The molecule has 1 aliphatic heterocycles. The van der Waals surface area contributed by atoms with Crippen molar-refractivity contribution in [2.75, 3.05) is 25.0 Å². The molecule has 16 heavy (non-hydrogen) atoms. The Balaban J connectivity index is 2.22. The molecule has 1 fully saturated rings. The number of nitrogens with zero attached hydrogens (tertiary/aromatic N) is 2. The van der Waals surface area contributed by atoms with E-state index in [-0.39, 0.29) is 0 Å². The van der Waals surface area contributed by atoms with E-state index in [0.717, 1.165) is 23.4 Å². The predicted octanol–water partition coefficient (Wildman–Crippen LogP) is 2.34. The molecule has 0 bridgehead atoms. The van der Waals surface area contributed by atoms with E-state index in [9.17, 15) is 0 Å². The molecule has 1 aliphatic rings. The molecule has 1 aromatic rings. The van der Waals surface area contributed by atoms with Gasteiger partial charge in [0.25, 0.3) is 0 Å². The van der Waals surface area contributed by atoms with Crippen molar-refractivity contribution in [2.45, 2.75) is 25.8 Å². The van der Waals surface area contributed by atoms with Gasteiger partial charge in [0, 0.05) is 29.8 Å². The summed E-state index contributed by atoms with van der Waals surface area (Å²) in [6.45, 7) is 4.29. The van der Waals surface area contributed by atoms with Crippen LogP contribution >= 0.6 is 15.9 Å². The van der Waals surface area contributed by atoms with Gasteiger partial charge >= 0.3 is 0 Å². The minimum absolute atomic E-state index is 0.595. The van der Waals surface area contributed by atoms with Crippen LogP contribution in [-0.2, 0) is 0 Å². The summed E-state index contributed by atoms with van der Waals surface area (Å²) in [4.78, 5) is 6.97. The molecule has 0 aliphatic carbocycles. The lowest BCUT2D eigenvalue weighted by atomic mass is 10.2. The van der Waals surface area contributed by atoms with Crippen LogP contribution in [0.5, 0.6) is 0 Å². The average Bonchev–Trinajstić information content (AvgIpc) is 2.67. The molecule has 0 aromatic carbocycles. The summed E-state index contributed by atoms with van der Waals surface area (Å²) in [6.07, 6.45) is 4.42. The molecule has 0 saturated carbocycles. The Morgan fingerprint density at radius 2 is 2.44 bits per heavy atom. The Morgan fingerprint density at radius 3 is 3.12 bits per heavy atom. The van der Waals surface area contributed by atoms with Crippen molar-refractivity contribution in [1.82, 2.24) is 10.3 Å². The highest BCUT2D eigenvalue weighted by atomic mass is 79.9. The highest BCUT2D eigenvalue weighted by molar-refractivity contribution is 9.10. The fourth-order valence-corrected chi connectivity index (χ4v) is 2.84. The topological polar surface area (TPSA) is 28.2 Å². The molecule has 0 radical (unpaired) electrons. The Kier molecular flexibility index (Phi) is 3.82. The fourth-order valence-electron chi connectivity index (χ4n) is 2.40. The lowest BCUT2D eigenvalue weighted by Crippen LogP contribution is -2.37. The molecule has 4 heteroatoms. The second-order valence-corrected chi connectivity index (χ2v) is 5.26. The molecule has 1 N–H and O–H groups in total. The van der Waals surface area contributed by atoms with Crippen molar-refractivity contribution < 1.29 is 0 Å². The summed E-state index contributed by atoms with van der Waals surface area (Å²) < 4.78 is 1.05. The SMILES string of the molecule is CNCC1CCCN1c1ncc(Br)cc1C. The van der Waals surface area contributed by atoms with Crippen molar-refractivity contribution in [3.63, 3.8) is 0 Å². The molecule has 3 nitrogen and oxygen atoms in total. The van der Waals surface area contributed by atoms with Gasteiger partial charge in [0.1, 0.15) is 5.82 Å². The number of halogens is 1. The number of aryl methyl sites for hydroxylation is 1. The third kappa shape index (κ3) is 2.38. The van der Waals surface area contributed by atoms with Gasteiger partial charge in [-0.3, -0.25) is 0 Å². The summed E-state index contributed by atoms with van der Waals surface area (Å²) in [5, 5.41) is 3.26. The van der Waals surface area contributed by atoms with Gasteiger partial charge in [-0.2, -0.15) is 0 Å². The maximum absolute atomic E-state index is 4.54. The lowest BCUT2D eigenvalue weighted by molar-refractivity contribution is 0.611. The largest absolute Gasteiger partial charge is 0.352 e. The van der Waals surface area contributed by atoms with Gasteiger partial charge in [0.2, 0.25) is 0 Å². The van der Waals surface area contributed by atoms with Gasteiger partial charge in [-0.05, 0) is 54.4 Å². The monoisotopic (exact) mass is 283 g/mol. The first-order valence-electron chi connectivity index (χ1n) is 5.75. The zero-order chi connectivity index (χ0) is 11.5. The first kappa shape index (κ1) is 11.9. The lowest BCUT2D eigenvalue weighted by Gasteiger charge is -2.27. The predicted molar refractivity (Wildman–Crippen MR) is 71.0 cm³/mol. The number of anilines is 1. The van der Waals surface area contributed by atoms with Gasteiger partial charge in [0.15, 0.2) is 0 Å². The van der Waals surface area contributed by atoms with E-state index in [4.69, 9.17) is 0 Å². The van der Waals surface area contributed by atoms with Crippen LogP contribution in [0.4, 0.5) is 5.82 Å². The normalized spacial score (nSPS) is 20.4. The van der Waals surface area contributed by atoms with Crippen LogP contribution in [0, 0.1) is 6.92 Å². The van der Waals surface area contributed by atoms with E-state index in [1.807, 2.05) is 13.2 Å². The second kappa shape index (κ2) is 5.15. The third-order valence-corrected chi connectivity index (χ3v) is 3.54. The van der Waals surface area contributed by atoms with Crippen LogP contribution in [0.15, 0.2) is 16.7 Å². The van der Waals surface area contributed by atoms with Crippen LogP contribution in [0.25, 0.3) is 0 Å². The van der Waals surface area contributed by atoms with Gasteiger partial charge < -0.3 is 10.2 Å². The number of aromatic nitrogens is 1. The average molecular weight is 284 g/mol. The highest BCUT2D eigenvalue weighted by Gasteiger charge is 2.25. The van der Waals surface area contributed by atoms with E-state index in [1.165, 1.54) is 18.4 Å². The first-order valence-corrected chi connectivity index (χ1v) is 6.55. The van der Waals surface area contributed by atoms with Gasteiger partial charge in [-0.15, -0.1) is 0 Å². The molecule has 88 valence electrons. The molecule has 1 aromatic heterocycles. The summed E-state index contributed by atoms with van der Waals surface area (Å²) in [6, 6.07) is 2.73. The van der Waals surface area contributed by atoms with Crippen molar-refractivity contribution in [3.8, 4) is 0 Å². The Labute approximate surface area is 105 Å². The summed E-state index contributed by atoms with van der Waals surface area (Å²) in [5.41, 5.74) is 1.25. The van der Waals surface area contributed by atoms with Crippen molar-refractivity contribution in [3.05, 3.63) is 22.3 Å². The molecular formula is C12H18BrN3. The van der Waals surface area contributed by atoms with Crippen LogP contribution in [-0.4, -0.2) is 31.2 Å². The maximum Gasteiger partial charge on any atom is 0.131 e. The first-order chi connectivity index (χ1) is 7.72. The number of nitrogens with one attached hydrogen (secondary N) is 1. The molecular weight excluding hydrogens is 266 g/mol. The number of hydrogen-bond acceptors (Lipinski definition) is 3. The minimum Gasteiger partial charge on any atom is -0.352 e. The smallest absolute Gasteiger partial charge is 0.131 e. The minimum atomic E-state index is 0.595. The number of rotatable bonds is 3. The molecule has 0 amide bonds. The van der Waals surface area contributed by atoms with E-state index >= 15 is 0 Å². The second-order valence-electron chi connectivity index (χ2n) is 4.34. The Hall–Kier alpha value is -0.610. The van der Waals surface area contributed by atoms with E-state index in [2.05, 4.69) is 44.1 Å². The van der Waals surface area contributed by atoms with E-state index < -0.39 is 0 Å². The molecule has 1 atom stereocenters. The van der Waals surface area contributed by atoms with E-state index in [0.29, 0.717) is 6.04 Å². The van der Waals surface area contributed by atoms with Crippen molar-refractivity contribution >= 4 is 21.7 Å². The Bertz CT molecular complexity index is 367. The summed E-state index contributed by atoms with van der Waals surface area (Å²) in [7, 11) is 2.01. The standard InChI is InChI=1S/C12H18BrN3/c1-9-6-10(13)7-15-12(9)16-5-3-4-11(16)8-14-2/h6-7,11,14H,3-5,8H2,1-2H3.